The monoisotopic (exact) mass is 499 g/mol. The molecule has 0 atom stereocenters. The molecular formula is C28H22ClN3O4. The number of amides is 2. The van der Waals surface area contributed by atoms with E-state index in [4.69, 9.17) is 21.1 Å². The van der Waals surface area contributed by atoms with Crippen molar-refractivity contribution < 1.29 is 19.1 Å². The van der Waals surface area contributed by atoms with Crippen LogP contribution < -0.4 is 19.8 Å². The van der Waals surface area contributed by atoms with Gasteiger partial charge in [-0.1, -0.05) is 54.1 Å². The number of anilines is 1. The smallest absolute Gasteiger partial charge is 0.260 e. The average Bonchev–Trinajstić information content (AvgIpc) is 3.16. The maximum atomic E-state index is 12.8. The summed E-state index contributed by atoms with van der Waals surface area (Å²) in [6.45, 7) is 0.161. The Morgan fingerprint density at radius 2 is 1.83 bits per heavy atom. The molecule has 8 heteroatoms. The first-order valence-electron chi connectivity index (χ1n) is 11.2. The van der Waals surface area contributed by atoms with Crippen molar-refractivity contribution >= 4 is 46.1 Å². The number of rotatable bonds is 8. The standard InChI is InChI=1S/C28H22ClN3O4/c1-35-25-14-18(12-13-24(25)36-17-20-6-2-3-10-22(20)29)15-30-31-26(33)16-32-23-11-5-8-19-7-4-9-21(27(19)23)28(32)34/h2-15H,16-17H2,1H3,(H,31,33)/b30-15+. The molecule has 0 fully saturated rings. The van der Waals surface area contributed by atoms with E-state index in [9.17, 15) is 9.59 Å². The van der Waals surface area contributed by atoms with Crippen LogP contribution in [0.5, 0.6) is 11.5 Å². The summed E-state index contributed by atoms with van der Waals surface area (Å²) in [5.41, 5.74) is 5.39. The Kier molecular flexibility index (Phi) is 6.56. The molecule has 4 aromatic rings. The van der Waals surface area contributed by atoms with Gasteiger partial charge in [0.05, 0.1) is 19.0 Å². The number of nitrogens with one attached hydrogen (secondary N) is 1. The molecule has 4 aromatic carbocycles. The molecule has 1 aliphatic heterocycles. The third-order valence-electron chi connectivity index (χ3n) is 5.88. The van der Waals surface area contributed by atoms with E-state index in [0.717, 1.165) is 22.0 Å². The third kappa shape index (κ3) is 4.61. The molecule has 0 aromatic heterocycles. The van der Waals surface area contributed by atoms with Gasteiger partial charge in [0.15, 0.2) is 11.5 Å². The molecule has 180 valence electrons. The molecule has 5 rings (SSSR count). The second-order valence-electron chi connectivity index (χ2n) is 8.16. The van der Waals surface area contributed by atoms with Gasteiger partial charge in [0, 0.05) is 21.5 Å². The maximum Gasteiger partial charge on any atom is 0.260 e. The van der Waals surface area contributed by atoms with Crippen molar-refractivity contribution in [3.63, 3.8) is 0 Å². The number of halogens is 1. The first-order valence-corrected chi connectivity index (χ1v) is 11.6. The Labute approximate surface area is 212 Å². The SMILES string of the molecule is COc1cc(/C=N/NC(=O)CN2C(=O)c3cccc4cccc2c34)ccc1OCc1ccccc1Cl. The van der Waals surface area contributed by atoms with E-state index in [-0.39, 0.29) is 12.5 Å². The van der Waals surface area contributed by atoms with Crippen LogP contribution in [0.2, 0.25) is 5.02 Å². The van der Waals surface area contributed by atoms with Gasteiger partial charge >= 0.3 is 0 Å². The van der Waals surface area contributed by atoms with Crippen molar-refractivity contribution in [1.29, 1.82) is 0 Å². The van der Waals surface area contributed by atoms with E-state index in [1.807, 2.05) is 54.6 Å². The summed E-state index contributed by atoms with van der Waals surface area (Å²) in [6, 6.07) is 24.0. The van der Waals surface area contributed by atoms with Crippen molar-refractivity contribution in [3.05, 3.63) is 101 Å². The summed E-state index contributed by atoms with van der Waals surface area (Å²) in [7, 11) is 1.55. The number of hydrogen-bond acceptors (Lipinski definition) is 5. The predicted octanol–water partition coefficient (Wildman–Crippen LogP) is 5.19. The van der Waals surface area contributed by atoms with Crippen LogP contribution in [0.3, 0.4) is 0 Å². The van der Waals surface area contributed by atoms with Gasteiger partial charge in [-0.2, -0.15) is 5.10 Å². The van der Waals surface area contributed by atoms with Gasteiger partial charge < -0.3 is 9.47 Å². The minimum Gasteiger partial charge on any atom is -0.493 e. The van der Waals surface area contributed by atoms with Gasteiger partial charge in [-0.05, 0) is 47.3 Å². The van der Waals surface area contributed by atoms with E-state index in [0.29, 0.717) is 34.3 Å². The summed E-state index contributed by atoms with van der Waals surface area (Å²) < 4.78 is 11.3. The molecule has 0 unspecified atom stereocenters. The lowest BCUT2D eigenvalue weighted by Crippen LogP contribution is -2.37. The Morgan fingerprint density at radius 3 is 2.64 bits per heavy atom. The van der Waals surface area contributed by atoms with Gasteiger partial charge in [-0.15, -0.1) is 0 Å². The zero-order valence-electron chi connectivity index (χ0n) is 19.4. The minimum absolute atomic E-state index is 0.137. The van der Waals surface area contributed by atoms with Gasteiger partial charge in [0.2, 0.25) is 0 Å². The summed E-state index contributed by atoms with van der Waals surface area (Å²) in [5, 5.41) is 6.50. The quantitative estimate of drug-likeness (QED) is 0.267. The molecule has 0 spiro atoms. The fraction of sp³-hybridized carbons (Fsp3) is 0.107. The highest BCUT2D eigenvalue weighted by Gasteiger charge is 2.30. The van der Waals surface area contributed by atoms with Gasteiger partial charge in [-0.3, -0.25) is 14.5 Å². The zero-order valence-corrected chi connectivity index (χ0v) is 20.2. The third-order valence-corrected chi connectivity index (χ3v) is 6.25. The Balaban J connectivity index is 1.22. The van der Waals surface area contributed by atoms with E-state index in [1.165, 1.54) is 11.1 Å². The lowest BCUT2D eigenvalue weighted by Gasteiger charge is -2.16. The van der Waals surface area contributed by atoms with Crippen LogP contribution in [0.15, 0.2) is 84.0 Å². The number of nitrogens with zero attached hydrogens (tertiary/aromatic N) is 2. The molecule has 7 nitrogen and oxygen atoms in total. The number of ether oxygens (including phenoxy) is 2. The normalized spacial score (nSPS) is 12.4. The van der Waals surface area contributed by atoms with Crippen molar-refractivity contribution in [3.8, 4) is 11.5 Å². The highest BCUT2D eigenvalue weighted by Crippen LogP contribution is 2.36. The lowest BCUT2D eigenvalue weighted by molar-refractivity contribution is -0.119. The molecule has 2 amide bonds. The largest absolute Gasteiger partial charge is 0.493 e. The van der Waals surface area contributed by atoms with Gasteiger partial charge in [-0.25, -0.2) is 5.43 Å². The molecule has 1 N–H and O–H groups in total. The number of hydrogen-bond donors (Lipinski definition) is 1. The van der Waals surface area contributed by atoms with Crippen LogP contribution >= 0.6 is 11.6 Å². The number of methoxy groups -OCH3 is 1. The summed E-state index contributed by atoms with van der Waals surface area (Å²) in [6.07, 6.45) is 1.50. The molecule has 0 saturated heterocycles. The Bertz CT molecular complexity index is 1500. The summed E-state index contributed by atoms with van der Waals surface area (Å²) >= 11 is 6.19. The van der Waals surface area contributed by atoms with Crippen LogP contribution in [0.1, 0.15) is 21.5 Å². The summed E-state index contributed by atoms with van der Waals surface area (Å²) in [5.74, 6) is 0.472. The number of carbonyl (C=O) groups is 2. The number of hydrazone groups is 1. The van der Waals surface area contributed by atoms with E-state index < -0.39 is 5.91 Å². The average molecular weight is 500 g/mol. The zero-order chi connectivity index (χ0) is 25.1. The molecule has 1 aliphatic rings. The first-order chi connectivity index (χ1) is 17.5. The molecule has 0 saturated carbocycles. The lowest BCUT2D eigenvalue weighted by atomic mass is 10.1. The fourth-order valence-electron chi connectivity index (χ4n) is 4.15. The topological polar surface area (TPSA) is 80.2 Å². The molecule has 0 bridgehead atoms. The van der Waals surface area contributed by atoms with Gasteiger partial charge in [0.25, 0.3) is 11.8 Å². The highest BCUT2D eigenvalue weighted by atomic mass is 35.5. The van der Waals surface area contributed by atoms with E-state index >= 15 is 0 Å². The van der Waals surface area contributed by atoms with E-state index in [2.05, 4.69) is 10.5 Å². The van der Waals surface area contributed by atoms with Crippen LogP contribution in [-0.4, -0.2) is 31.7 Å². The molecule has 0 aliphatic carbocycles. The molecule has 0 radical (unpaired) electrons. The van der Waals surface area contributed by atoms with Crippen molar-refractivity contribution in [2.75, 3.05) is 18.6 Å². The Morgan fingerprint density at radius 1 is 1.03 bits per heavy atom. The number of benzene rings is 4. The number of carbonyl (C=O) groups excluding carboxylic acids is 2. The molecule has 1 heterocycles. The Hall–Kier alpha value is -4.36. The predicted molar refractivity (Wildman–Crippen MR) is 140 cm³/mol. The second-order valence-corrected chi connectivity index (χ2v) is 8.56. The molecular weight excluding hydrogens is 478 g/mol. The van der Waals surface area contributed by atoms with E-state index in [1.54, 1.807) is 31.4 Å². The van der Waals surface area contributed by atoms with Crippen molar-refractivity contribution in [2.45, 2.75) is 6.61 Å². The van der Waals surface area contributed by atoms with Crippen LogP contribution in [0.25, 0.3) is 10.8 Å². The second kappa shape index (κ2) is 10.1. The van der Waals surface area contributed by atoms with Crippen molar-refractivity contribution in [2.24, 2.45) is 5.10 Å². The minimum atomic E-state index is -0.406. The van der Waals surface area contributed by atoms with Crippen molar-refractivity contribution in [1.82, 2.24) is 5.43 Å². The van der Waals surface area contributed by atoms with Crippen LogP contribution in [0.4, 0.5) is 5.69 Å². The molecule has 36 heavy (non-hydrogen) atoms. The van der Waals surface area contributed by atoms with Crippen LogP contribution in [-0.2, 0) is 11.4 Å². The van der Waals surface area contributed by atoms with Crippen LogP contribution in [0, 0.1) is 0 Å². The summed E-state index contributed by atoms with van der Waals surface area (Å²) in [4.78, 5) is 26.9. The maximum absolute atomic E-state index is 12.8. The highest BCUT2D eigenvalue weighted by molar-refractivity contribution is 6.31. The van der Waals surface area contributed by atoms with Gasteiger partial charge in [0.1, 0.15) is 13.2 Å². The fourth-order valence-corrected chi connectivity index (χ4v) is 4.34. The first kappa shape index (κ1) is 23.4.